The quantitative estimate of drug-likeness (QED) is 0.773. The fourth-order valence-electron chi connectivity index (χ4n) is 2.38. The first-order valence-corrected chi connectivity index (χ1v) is 7.48. The Hall–Kier alpha value is -2.59. The molecule has 0 aliphatic heterocycles. The van der Waals surface area contributed by atoms with E-state index in [-0.39, 0.29) is 5.91 Å². The number of methoxy groups -OCH3 is 1. The molecule has 23 heavy (non-hydrogen) atoms. The first kappa shape index (κ1) is 15.3. The molecule has 0 atom stereocenters. The summed E-state index contributed by atoms with van der Waals surface area (Å²) < 4.78 is 5.30. The third-order valence-corrected chi connectivity index (χ3v) is 3.91. The zero-order valence-electron chi connectivity index (χ0n) is 12.8. The molecule has 3 rings (SSSR count). The van der Waals surface area contributed by atoms with Crippen molar-refractivity contribution in [3.63, 3.8) is 0 Å². The Morgan fingerprint density at radius 1 is 1.13 bits per heavy atom. The molecule has 0 saturated carbocycles. The second-order valence-electron chi connectivity index (χ2n) is 5.11. The van der Waals surface area contributed by atoms with Gasteiger partial charge < -0.3 is 10.1 Å². The van der Waals surface area contributed by atoms with Crippen molar-refractivity contribution in [3.8, 4) is 5.75 Å². The summed E-state index contributed by atoms with van der Waals surface area (Å²) in [7, 11) is 1.58. The van der Waals surface area contributed by atoms with E-state index in [0.717, 1.165) is 10.9 Å². The van der Waals surface area contributed by atoms with Gasteiger partial charge >= 0.3 is 0 Å². The Balaban J connectivity index is 1.98. The summed E-state index contributed by atoms with van der Waals surface area (Å²) in [5, 5.41) is 4.23. The number of carbonyl (C=O) groups excluding carboxylic acids is 1. The number of ether oxygens (including phenoxy) is 1. The summed E-state index contributed by atoms with van der Waals surface area (Å²) >= 11 is 6.15. The lowest BCUT2D eigenvalue weighted by Gasteiger charge is -2.11. The lowest BCUT2D eigenvalue weighted by Crippen LogP contribution is -2.14. The second kappa shape index (κ2) is 6.26. The maximum Gasteiger partial charge on any atom is 0.274 e. The summed E-state index contributed by atoms with van der Waals surface area (Å²) in [5.74, 6) is 0.320. The molecular formula is C18H15ClN2O2. The zero-order valence-corrected chi connectivity index (χ0v) is 13.5. The molecule has 0 fully saturated rings. The van der Waals surface area contributed by atoms with Crippen LogP contribution in [0.25, 0.3) is 10.9 Å². The maximum atomic E-state index is 12.5. The normalized spacial score (nSPS) is 10.6. The SMILES string of the molecule is COc1cccc2ccc(C(=O)Nc3c(C)cccc3Cl)nc12. The van der Waals surface area contributed by atoms with E-state index >= 15 is 0 Å². The average Bonchev–Trinajstić information content (AvgIpc) is 2.57. The van der Waals surface area contributed by atoms with Crippen molar-refractivity contribution in [2.45, 2.75) is 6.92 Å². The molecule has 0 aliphatic rings. The number of nitrogens with one attached hydrogen (secondary N) is 1. The van der Waals surface area contributed by atoms with Gasteiger partial charge in [0.2, 0.25) is 0 Å². The number of para-hydroxylation sites is 2. The van der Waals surface area contributed by atoms with Crippen LogP contribution in [0.2, 0.25) is 5.02 Å². The second-order valence-corrected chi connectivity index (χ2v) is 5.52. The van der Waals surface area contributed by atoms with Crippen LogP contribution in [-0.4, -0.2) is 18.0 Å². The van der Waals surface area contributed by atoms with Gasteiger partial charge in [0, 0.05) is 5.39 Å². The number of amides is 1. The van der Waals surface area contributed by atoms with E-state index in [1.165, 1.54) is 0 Å². The fourth-order valence-corrected chi connectivity index (χ4v) is 2.65. The molecule has 0 aliphatic carbocycles. The van der Waals surface area contributed by atoms with Gasteiger partial charge in [-0.2, -0.15) is 0 Å². The van der Waals surface area contributed by atoms with Crippen molar-refractivity contribution < 1.29 is 9.53 Å². The molecule has 1 amide bonds. The maximum absolute atomic E-state index is 12.5. The van der Waals surface area contributed by atoms with Crippen LogP contribution in [0.1, 0.15) is 16.1 Å². The Labute approximate surface area is 139 Å². The summed E-state index contributed by atoms with van der Waals surface area (Å²) in [6.07, 6.45) is 0. The number of rotatable bonds is 3. The average molecular weight is 327 g/mol. The van der Waals surface area contributed by atoms with Gasteiger partial charge in [0.1, 0.15) is 17.0 Å². The first-order valence-electron chi connectivity index (χ1n) is 7.10. The van der Waals surface area contributed by atoms with Crippen LogP contribution in [0.5, 0.6) is 5.75 Å². The van der Waals surface area contributed by atoms with Crippen molar-refractivity contribution >= 4 is 34.1 Å². The molecule has 0 radical (unpaired) electrons. The molecule has 0 spiro atoms. The molecule has 1 heterocycles. The molecule has 1 N–H and O–H groups in total. The lowest BCUT2D eigenvalue weighted by molar-refractivity contribution is 0.102. The van der Waals surface area contributed by atoms with Crippen LogP contribution in [0.15, 0.2) is 48.5 Å². The molecule has 0 bridgehead atoms. The lowest BCUT2D eigenvalue weighted by atomic mass is 10.1. The van der Waals surface area contributed by atoms with Crippen molar-refractivity contribution in [1.29, 1.82) is 0 Å². The number of hydrogen-bond acceptors (Lipinski definition) is 3. The molecule has 4 nitrogen and oxygen atoms in total. The number of aryl methyl sites for hydroxylation is 1. The number of pyridine rings is 1. The summed E-state index contributed by atoms with van der Waals surface area (Å²) in [6.45, 7) is 1.89. The topological polar surface area (TPSA) is 51.2 Å². The number of benzene rings is 2. The van der Waals surface area contributed by atoms with Gasteiger partial charge in [-0.15, -0.1) is 0 Å². The van der Waals surface area contributed by atoms with E-state index in [1.807, 2.05) is 43.3 Å². The molecule has 5 heteroatoms. The predicted octanol–water partition coefficient (Wildman–Crippen LogP) is 4.46. The summed E-state index contributed by atoms with van der Waals surface area (Å²) in [5.41, 5.74) is 2.45. The molecule has 2 aromatic carbocycles. The third-order valence-electron chi connectivity index (χ3n) is 3.60. The van der Waals surface area contributed by atoms with Crippen molar-refractivity contribution in [1.82, 2.24) is 4.98 Å². The molecule has 0 saturated heterocycles. The number of fused-ring (bicyclic) bond motifs is 1. The Morgan fingerprint density at radius 2 is 1.91 bits per heavy atom. The highest BCUT2D eigenvalue weighted by atomic mass is 35.5. The highest BCUT2D eigenvalue weighted by molar-refractivity contribution is 6.34. The predicted molar refractivity (Wildman–Crippen MR) is 92.4 cm³/mol. The molecule has 116 valence electrons. The number of anilines is 1. The van der Waals surface area contributed by atoms with E-state index < -0.39 is 0 Å². The highest BCUT2D eigenvalue weighted by Gasteiger charge is 2.13. The summed E-state index contributed by atoms with van der Waals surface area (Å²) in [6, 6.07) is 14.6. The van der Waals surface area contributed by atoms with Gasteiger partial charge in [0.15, 0.2) is 0 Å². The zero-order chi connectivity index (χ0) is 16.4. The van der Waals surface area contributed by atoms with Gasteiger partial charge in [0.25, 0.3) is 5.91 Å². The van der Waals surface area contributed by atoms with Crippen LogP contribution >= 0.6 is 11.6 Å². The minimum Gasteiger partial charge on any atom is -0.494 e. The monoisotopic (exact) mass is 326 g/mol. The van der Waals surface area contributed by atoms with Crippen LogP contribution in [-0.2, 0) is 0 Å². The minimum atomic E-state index is -0.311. The summed E-state index contributed by atoms with van der Waals surface area (Å²) in [4.78, 5) is 16.9. The number of nitrogens with zero attached hydrogens (tertiary/aromatic N) is 1. The van der Waals surface area contributed by atoms with Gasteiger partial charge in [0.05, 0.1) is 17.8 Å². The Bertz CT molecular complexity index is 873. The largest absolute Gasteiger partial charge is 0.494 e. The Kier molecular flexibility index (Phi) is 4.17. The van der Waals surface area contributed by atoms with E-state index in [4.69, 9.17) is 16.3 Å². The van der Waals surface area contributed by atoms with Crippen molar-refractivity contribution in [2.75, 3.05) is 12.4 Å². The number of aromatic nitrogens is 1. The number of hydrogen-bond donors (Lipinski definition) is 1. The van der Waals surface area contributed by atoms with Gasteiger partial charge in [-0.05, 0) is 30.7 Å². The first-order chi connectivity index (χ1) is 11.1. The van der Waals surface area contributed by atoms with Crippen molar-refractivity contribution in [2.24, 2.45) is 0 Å². The van der Waals surface area contributed by atoms with Gasteiger partial charge in [-0.25, -0.2) is 4.98 Å². The van der Waals surface area contributed by atoms with E-state index in [9.17, 15) is 4.79 Å². The molecule has 1 aromatic heterocycles. The van der Waals surface area contributed by atoms with Crippen LogP contribution in [0, 0.1) is 6.92 Å². The van der Waals surface area contributed by atoms with Crippen LogP contribution in [0.3, 0.4) is 0 Å². The van der Waals surface area contributed by atoms with Gasteiger partial charge in [-0.3, -0.25) is 4.79 Å². The minimum absolute atomic E-state index is 0.307. The molecule has 0 unspecified atom stereocenters. The van der Waals surface area contributed by atoms with E-state index in [2.05, 4.69) is 10.3 Å². The highest BCUT2D eigenvalue weighted by Crippen LogP contribution is 2.27. The third kappa shape index (κ3) is 2.98. The smallest absolute Gasteiger partial charge is 0.274 e. The van der Waals surface area contributed by atoms with Crippen molar-refractivity contribution in [3.05, 3.63) is 64.8 Å². The fraction of sp³-hybridized carbons (Fsp3) is 0.111. The van der Waals surface area contributed by atoms with E-state index in [1.54, 1.807) is 19.2 Å². The standard InChI is InChI=1S/C18H15ClN2O2/c1-11-5-3-7-13(19)16(11)21-18(22)14-10-9-12-6-4-8-15(23-2)17(12)20-14/h3-10H,1-2H3,(H,21,22). The molecular weight excluding hydrogens is 312 g/mol. The van der Waals surface area contributed by atoms with Gasteiger partial charge in [-0.1, -0.05) is 41.9 Å². The van der Waals surface area contributed by atoms with Crippen LogP contribution < -0.4 is 10.1 Å². The Morgan fingerprint density at radius 3 is 2.65 bits per heavy atom. The number of halogens is 1. The number of carbonyl (C=O) groups is 1. The molecule has 3 aromatic rings. The van der Waals surface area contributed by atoms with E-state index in [0.29, 0.717) is 27.7 Å². The van der Waals surface area contributed by atoms with Crippen LogP contribution in [0.4, 0.5) is 5.69 Å².